The maximum Gasteiger partial charge on any atom is 0.165 e. The average molecular weight is 261 g/mol. The highest BCUT2D eigenvalue weighted by Crippen LogP contribution is 2.23. The highest BCUT2D eigenvalue weighted by atomic mass is 79.9. The molecule has 0 spiro atoms. The number of hydrogen-bond donors (Lipinski definition) is 0. The molecule has 1 nitrogen and oxygen atoms in total. The summed E-state index contributed by atoms with van der Waals surface area (Å²) in [5, 5.41) is 0. The van der Waals surface area contributed by atoms with Gasteiger partial charge in [0.2, 0.25) is 0 Å². The van der Waals surface area contributed by atoms with Gasteiger partial charge in [0.15, 0.2) is 11.6 Å². The van der Waals surface area contributed by atoms with E-state index in [0.29, 0.717) is 5.75 Å². The summed E-state index contributed by atoms with van der Waals surface area (Å²) in [5.74, 6) is 0.0106. The quantitative estimate of drug-likeness (QED) is 0.790. The van der Waals surface area contributed by atoms with E-state index in [9.17, 15) is 4.39 Å². The Balaban J connectivity index is 2.70. The molecule has 0 saturated carbocycles. The van der Waals surface area contributed by atoms with Crippen molar-refractivity contribution in [2.45, 2.75) is 32.8 Å². The van der Waals surface area contributed by atoms with Gasteiger partial charge in [0.1, 0.15) is 0 Å². The molecule has 1 atom stereocenters. The molecule has 0 aliphatic heterocycles. The Kier molecular flexibility index (Phi) is 4.39. The van der Waals surface area contributed by atoms with Gasteiger partial charge < -0.3 is 4.74 Å². The van der Waals surface area contributed by atoms with E-state index in [1.165, 1.54) is 6.07 Å². The molecule has 0 aliphatic rings. The van der Waals surface area contributed by atoms with Crippen LogP contribution in [-0.2, 0) is 0 Å². The summed E-state index contributed by atoms with van der Waals surface area (Å²) in [7, 11) is 0. The second-order valence-corrected chi connectivity index (χ2v) is 4.21. The molecule has 0 aliphatic carbocycles. The Morgan fingerprint density at radius 1 is 1.50 bits per heavy atom. The maximum absolute atomic E-state index is 13.2. The van der Waals surface area contributed by atoms with E-state index in [0.717, 1.165) is 17.3 Å². The number of hydrogen-bond acceptors (Lipinski definition) is 1. The van der Waals surface area contributed by atoms with E-state index < -0.39 is 0 Å². The van der Waals surface area contributed by atoms with Gasteiger partial charge in [-0.3, -0.25) is 0 Å². The second kappa shape index (κ2) is 5.35. The highest BCUT2D eigenvalue weighted by Gasteiger charge is 2.07. The number of ether oxygens (including phenoxy) is 1. The molecule has 78 valence electrons. The van der Waals surface area contributed by atoms with Gasteiger partial charge in [-0.1, -0.05) is 29.3 Å². The molecule has 3 heteroatoms. The van der Waals surface area contributed by atoms with Crippen LogP contribution in [0, 0.1) is 5.82 Å². The van der Waals surface area contributed by atoms with Crippen molar-refractivity contribution in [2.75, 3.05) is 0 Å². The minimum Gasteiger partial charge on any atom is -0.488 e. The van der Waals surface area contributed by atoms with Crippen molar-refractivity contribution in [2.24, 2.45) is 0 Å². The Labute approximate surface area is 92.4 Å². The van der Waals surface area contributed by atoms with Crippen molar-refractivity contribution < 1.29 is 9.13 Å². The SMILES string of the molecule is CCCC(C)Oc1cc(Br)ccc1F. The zero-order valence-electron chi connectivity index (χ0n) is 8.39. The zero-order chi connectivity index (χ0) is 10.6. The molecule has 0 aromatic heterocycles. The first-order chi connectivity index (χ1) is 6.63. The van der Waals surface area contributed by atoms with Gasteiger partial charge in [-0.2, -0.15) is 0 Å². The zero-order valence-corrected chi connectivity index (χ0v) is 9.97. The van der Waals surface area contributed by atoms with Crippen LogP contribution < -0.4 is 4.74 Å². The predicted octanol–water partition coefficient (Wildman–Crippen LogP) is 4.16. The van der Waals surface area contributed by atoms with Crippen LogP contribution in [0.25, 0.3) is 0 Å². The minimum atomic E-state index is -0.309. The molecule has 0 amide bonds. The average Bonchev–Trinajstić information content (AvgIpc) is 2.12. The fraction of sp³-hybridized carbons (Fsp3) is 0.455. The van der Waals surface area contributed by atoms with Crippen LogP contribution in [0.1, 0.15) is 26.7 Å². The van der Waals surface area contributed by atoms with E-state index in [4.69, 9.17) is 4.74 Å². The van der Waals surface area contributed by atoms with Gasteiger partial charge in [0.25, 0.3) is 0 Å². The Morgan fingerprint density at radius 3 is 2.86 bits per heavy atom. The lowest BCUT2D eigenvalue weighted by atomic mass is 10.2. The fourth-order valence-electron chi connectivity index (χ4n) is 1.25. The third-order valence-electron chi connectivity index (χ3n) is 1.92. The molecule has 0 heterocycles. The normalized spacial score (nSPS) is 12.6. The van der Waals surface area contributed by atoms with Gasteiger partial charge in [0.05, 0.1) is 6.10 Å². The molecule has 14 heavy (non-hydrogen) atoms. The van der Waals surface area contributed by atoms with Crippen molar-refractivity contribution in [1.29, 1.82) is 0 Å². The molecule has 0 bridgehead atoms. The molecular weight excluding hydrogens is 247 g/mol. The van der Waals surface area contributed by atoms with Crippen LogP contribution in [-0.4, -0.2) is 6.10 Å². The predicted molar refractivity (Wildman–Crippen MR) is 59.1 cm³/mol. The lowest BCUT2D eigenvalue weighted by Gasteiger charge is -2.14. The number of benzene rings is 1. The molecule has 0 N–H and O–H groups in total. The van der Waals surface area contributed by atoms with Gasteiger partial charge in [-0.25, -0.2) is 4.39 Å². The van der Waals surface area contributed by atoms with Crippen molar-refractivity contribution in [3.05, 3.63) is 28.5 Å². The summed E-state index contributed by atoms with van der Waals surface area (Å²) in [4.78, 5) is 0. The lowest BCUT2D eigenvalue weighted by molar-refractivity contribution is 0.200. The molecule has 0 fully saturated rings. The third-order valence-corrected chi connectivity index (χ3v) is 2.41. The highest BCUT2D eigenvalue weighted by molar-refractivity contribution is 9.10. The summed E-state index contributed by atoms with van der Waals surface area (Å²) in [6, 6.07) is 4.71. The summed E-state index contributed by atoms with van der Waals surface area (Å²) < 4.78 is 19.5. The van der Waals surface area contributed by atoms with Crippen LogP contribution >= 0.6 is 15.9 Å². The fourth-order valence-corrected chi connectivity index (χ4v) is 1.59. The van der Waals surface area contributed by atoms with E-state index in [2.05, 4.69) is 22.9 Å². The molecule has 0 saturated heterocycles. The van der Waals surface area contributed by atoms with Gasteiger partial charge >= 0.3 is 0 Å². The van der Waals surface area contributed by atoms with Gasteiger partial charge in [-0.15, -0.1) is 0 Å². The molecule has 0 radical (unpaired) electrons. The summed E-state index contributed by atoms with van der Waals surface area (Å²) in [6.45, 7) is 4.03. The van der Waals surface area contributed by atoms with Crippen molar-refractivity contribution in [3.8, 4) is 5.75 Å². The van der Waals surface area contributed by atoms with Crippen LogP contribution in [0.4, 0.5) is 4.39 Å². The third kappa shape index (κ3) is 3.29. The number of rotatable bonds is 4. The van der Waals surface area contributed by atoms with E-state index in [1.54, 1.807) is 12.1 Å². The summed E-state index contributed by atoms with van der Waals surface area (Å²) in [6.07, 6.45) is 2.03. The van der Waals surface area contributed by atoms with Crippen LogP contribution in [0.2, 0.25) is 0 Å². The Morgan fingerprint density at radius 2 is 2.21 bits per heavy atom. The van der Waals surface area contributed by atoms with Crippen molar-refractivity contribution >= 4 is 15.9 Å². The van der Waals surface area contributed by atoms with Crippen LogP contribution in [0.5, 0.6) is 5.75 Å². The molecule has 1 aromatic rings. The van der Waals surface area contributed by atoms with Crippen molar-refractivity contribution in [3.63, 3.8) is 0 Å². The Bertz CT molecular complexity index is 301. The minimum absolute atomic E-state index is 0.0591. The number of halogens is 2. The first-order valence-electron chi connectivity index (χ1n) is 4.75. The van der Waals surface area contributed by atoms with E-state index >= 15 is 0 Å². The largest absolute Gasteiger partial charge is 0.488 e. The van der Waals surface area contributed by atoms with Gasteiger partial charge in [-0.05, 0) is 31.5 Å². The second-order valence-electron chi connectivity index (χ2n) is 3.29. The maximum atomic E-state index is 13.2. The Hall–Kier alpha value is -0.570. The monoisotopic (exact) mass is 260 g/mol. The first-order valence-corrected chi connectivity index (χ1v) is 5.54. The van der Waals surface area contributed by atoms with Gasteiger partial charge in [0, 0.05) is 4.47 Å². The summed E-state index contributed by atoms with van der Waals surface area (Å²) in [5.41, 5.74) is 0. The topological polar surface area (TPSA) is 9.23 Å². The van der Waals surface area contributed by atoms with E-state index in [-0.39, 0.29) is 11.9 Å². The first kappa shape index (κ1) is 11.5. The molecule has 1 rings (SSSR count). The molecule has 1 aromatic carbocycles. The van der Waals surface area contributed by atoms with Crippen molar-refractivity contribution in [1.82, 2.24) is 0 Å². The van der Waals surface area contributed by atoms with Crippen LogP contribution in [0.3, 0.4) is 0 Å². The smallest absolute Gasteiger partial charge is 0.165 e. The van der Waals surface area contributed by atoms with E-state index in [1.807, 2.05) is 6.92 Å². The molecule has 1 unspecified atom stereocenters. The lowest BCUT2D eigenvalue weighted by Crippen LogP contribution is -2.11. The van der Waals surface area contributed by atoms with Crippen LogP contribution in [0.15, 0.2) is 22.7 Å². The summed E-state index contributed by atoms with van der Waals surface area (Å²) >= 11 is 3.28. The standard InChI is InChI=1S/C11H14BrFO/c1-3-4-8(2)14-11-7-9(12)5-6-10(11)13/h5-8H,3-4H2,1-2H3. The molecular formula is C11H14BrFO.